The molecule has 1 fully saturated rings. The Morgan fingerprint density at radius 1 is 1.11 bits per heavy atom. The number of fused-ring (bicyclic) bond motifs is 1. The Morgan fingerprint density at radius 2 is 1.89 bits per heavy atom. The van der Waals surface area contributed by atoms with Crippen molar-refractivity contribution in [3.63, 3.8) is 0 Å². The van der Waals surface area contributed by atoms with Gasteiger partial charge >= 0.3 is 0 Å². The van der Waals surface area contributed by atoms with E-state index in [-0.39, 0.29) is 6.10 Å². The smallest absolute Gasteiger partial charge is 0.0612 e. The number of nitrogens with one attached hydrogen (secondary N) is 1. The van der Waals surface area contributed by atoms with Gasteiger partial charge in [0.25, 0.3) is 0 Å². The molecule has 0 amide bonds. The van der Waals surface area contributed by atoms with E-state index in [1.54, 1.807) is 0 Å². The van der Waals surface area contributed by atoms with E-state index in [2.05, 4.69) is 29.6 Å². The van der Waals surface area contributed by atoms with Crippen LogP contribution in [0.1, 0.15) is 36.8 Å². The van der Waals surface area contributed by atoms with Crippen LogP contribution in [0.3, 0.4) is 0 Å². The third kappa shape index (κ3) is 2.60. The van der Waals surface area contributed by atoms with Gasteiger partial charge in [0.2, 0.25) is 0 Å². The molecule has 3 atom stereocenters. The first-order valence-electron chi connectivity index (χ1n) is 7.31. The van der Waals surface area contributed by atoms with Crippen molar-refractivity contribution in [2.45, 2.75) is 50.7 Å². The standard InChI is InChI=1S/C16H23NO/c18-16-11-13-6-2-1-5-12(13)9-14(16)10-15-7-3-4-8-17-15/h1-2,5-6,14-18H,3-4,7-11H2/t14-,15?,16+/m0/s1. The van der Waals surface area contributed by atoms with Gasteiger partial charge in [-0.1, -0.05) is 30.7 Å². The molecule has 1 aliphatic heterocycles. The van der Waals surface area contributed by atoms with Gasteiger partial charge in [-0.3, -0.25) is 0 Å². The highest BCUT2D eigenvalue weighted by Crippen LogP contribution is 2.30. The molecule has 18 heavy (non-hydrogen) atoms. The van der Waals surface area contributed by atoms with Crippen LogP contribution in [-0.4, -0.2) is 23.8 Å². The van der Waals surface area contributed by atoms with Gasteiger partial charge < -0.3 is 10.4 Å². The number of benzene rings is 1. The summed E-state index contributed by atoms with van der Waals surface area (Å²) in [5, 5.41) is 13.9. The summed E-state index contributed by atoms with van der Waals surface area (Å²) in [6, 6.07) is 9.21. The average molecular weight is 245 g/mol. The number of hydrogen-bond acceptors (Lipinski definition) is 2. The summed E-state index contributed by atoms with van der Waals surface area (Å²) in [6.07, 6.45) is 6.82. The molecule has 2 aliphatic rings. The van der Waals surface area contributed by atoms with Crippen molar-refractivity contribution >= 4 is 0 Å². The van der Waals surface area contributed by atoms with Gasteiger partial charge in [0, 0.05) is 6.04 Å². The van der Waals surface area contributed by atoms with Crippen molar-refractivity contribution in [2.75, 3.05) is 6.54 Å². The summed E-state index contributed by atoms with van der Waals surface area (Å²) in [7, 11) is 0. The van der Waals surface area contributed by atoms with Crippen LogP contribution in [-0.2, 0) is 12.8 Å². The summed E-state index contributed by atoms with van der Waals surface area (Å²) < 4.78 is 0. The van der Waals surface area contributed by atoms with Gasteiger partial charge in [-0.2, -0.15) is 0 Å². The Balaban J connectivity index is 1.66. The maximum Gasteiger partial charge on any atom is 0.0612 e. The van der Waals surface area contributed by atoms with E-state index in [0.29, 0.717) is 12.0 Å². The molecule has 2 N–H and O–H groups in total. The van der Waals surface area contributed by atoms with Crippen LogP contribution in [0, 0.1) is 5.92 Å². The second kappa shape index (κ2) is 5.41. The van der Waals surface area contributed by atoms with Crippen LogP contribution in [0.5, 0.6) is 0 Å². The van der Waals surface area contributed by atoms with Gasteiger partial charge in [-0.15, -0.1) is 0 Å². The minimum atomic E-state index is -0.149. The van der Waals surface area contributed by atoms with Crippen molar-refractivity contribution in [1.29, 1.82) is 0 Å². The highest BCUT2D eigenvalue weighted by molar-refractivity contribution is 5.30. The minimum Gasteiger partial charge on any atom is -0.392 e. The van der Waals surface area contributed by atoms with Crippen LogP contribution in [0.4, 0.5) is 0 Å². The topological polar surface area (TPSA) is 32.3 Å². The molecule has 0 saturated carbocycles. The normalized spacial score (nSPS) is 31.9. The first-order chi connectivity index (χ1) is 8.83. The van der Waals surface area contributed by atoms with Crippen LogP contribution in [0.25, 0.3) is 0 Å². The fourth-order valence-corrected chi connectivity index (χ4v) is 3.50. The zero-order valence-electron chi connectivity index (χ0n) is 10.9. The summed E-state index contributed by atoms with van der Waals surface area (Å²) in [6.45, 7) is 1.16. The molecule has 1 aromatic carbocycles. The highest BCUT2D eigenvalue weighted by Gasteiger charge is 2.29. The molecule has 1 saturated heterocycles. The van der Waals surface area contributed by atoms with E-state index in [1.807, 2.05) is 0 Å². The largest absolute Gasteiger partial charge is 0.392 e. The lowest BCUT2D eigenvalue weighted by molar-refractivity contribution is 0.0854. The van der Waals surface area contributed by atoms with Crippen molar-refractivity contribution in [3.05, 3.63) is 35.4 Å². The zero-order chi connectivity index (χ0) is 12.4. The van der Waals surface area contributed by atoms with E-state index in [9.17, 15) is 5.11 Å². The molecule has 2 nitrogen and oxygen atoms in total. The number of aliphatic hydroxyl groups is 1. The molecule has 0 bridgehead atoms. The summed E-state index contributed by atoms with van der Waals surface area (Å²) in [5.74, 6) is 0.440. The van der Waals surface area contributed by atoms with E-state index in [0.717, 1.165) is 25.8 Å². The van der Waals surface area contributed by atoms with Gasteiger partial charge in [0.05, 0.1) is 6.10 Å². The van der Waals surface area contributed by atoms with Crippen LogP contribution in [0.2, 0.25) is 0 Å². The van der Waals surface area contributed by atoms with E-state index in [4.69, 9.17) is 0 Å². The fourth-order valence-electron chi connectivity index (χ4n) is 3.50. The van der Waals surface area contributed by atoms with Crippen LogP contribution in [0.15, 0.2) is 24.3 Å². The van der Waals surface area contributed by atoms with Crippen molar-refractivity contribution in [3.8, 4) is 0 Å². The first-order valence-corrected chi connectivity index (χ1v) is 7.31. The lowest BCUT2D eigenvalue weighted by Gasteiger charge is -2.34. The molecule has 98 valence electrons. The maximum atomic E-state index is 10.3. The Labute approximate surface area is 109 Å². The van der Waals surface area contributed by atoms with E-state index < -0.39 is 0 Å². The van der Waals surface area contributed by atoms with Crippen LogP contribution >= 0.6 is 0 Å². The fraction of sp³-hybridized carbons (Fsp3) is 0.625. The lowest BCUT2D eigenvalue weighted by atomic mass is 9.78. The van der Waals surface area contributed by atoms with Gasteiger partial charge in [0.15, 0.2) is 0 Å². The minimum absolute atomic E-state index is 0.149. The molecule has 3 rings (SSSR count). The molecular weight excluding hydrogens is 222 g/mol. The predicted octanol–water partition coefficient (Wildman–Crippen LogP) is 2.29. The second-order valence-corrected chi connectivity index (χ2v) is 5.89. The summed E-state index contributed by atoms with van der Waals surface area (Å²) in [4.78, 5) is 0. The van der Waals surface area contributed by atoms with Crippen molar-refractivity contribution < 1.29 is 5.11 Å². The molecule has 1 aromatic rings. The summed E-state index contributed by atoms with van der Waals surface area (Å²) in [5.41, 5.74) is 2.79. The van der Waals surface area contributed by atoms with Crippen molar-refractivity contribution in [1.82, 2.24) is 5.32 Å². The third-order valence-corrected chi connectivity index (χ3v) is 4.57. The second-order valence-electron chi connectivity index (χ2n) is 5.89. The Kier molecular flexibility index (Phi) is 3.67. The Morgan fingerprint density at radius 3 is 2.61 bits per heavy atom. The first kappa shape index (κ1) is 12.2. The molecule has 0 spiro atoms. The molecule has 0 radical (unpaired) electrons. The predicted molar refractivity (Wildman–Crippen MR) is 73.6 cm³/mol. The van der Waals surface area contributed by atoms with Crippen molar-refractivity contribution in [2.24, 2.45) is 5.92 Å². The SMILES string of the molecule is O[C@@H]1Cc2ccccc2C[C@H]1CC1CCCCN1. The Hall–Kier alpha value is -0.860. The molecule has 1 heterocycles. The summed E-state index contributed by atoms with van der Waals surface area (Å²) >= 11 is 0. The zero-order valence-corrected chi connectivity index (χ0v) is 10.9. The van der Waals surface area contributed by atoms with Gasteiger partial charge in [0.1, 0.15) is 0 Å². The van der Waals surface area contributed by atoms with Crippen LogP contribution < -0.4 is 5.32 Å². The quantitative estimate of drug-likeness (QED) is 0.838. The number of rotatable bonds is 2. The van der Waals surface area contributed by atoms with Gasteiger partial charge in [-0.25, -0.2) is 0 Å². The molecular formula is C16H23NO. The Bertz CT molecular complexity index is 398. The third-order valence-electron chi connectivity index (χ3n) is 4.57. The number of piperidine rings is 1. The average Bonchev–Trinajstić information content (AvgIpc) is 2.41. The number of hydrogen-bond donors (Lipinski definition) is 2. The molecule has 1 aliphatic carbocycles. The molecule has 2 heteroatoms. The van der Waals surface area contributed by atoms with E-state index >= 15 is 0 Å². The highest BCUT2D eigenvalue weighted by atomic mass is 16.3. The monoisotopic (exact) mass is 245 g/mol. The number of aliphatic hydroxyl groups excluding tert-OH is 1. The van der Waals surface area contributed by atoms with E-state index in [1.165, 1.54) is 30.4 Å². The van der Waals surface area contributed by atoms with Gasteiger partial charge in [-0.05, 0) is 55.7 Å². The lowest BCUT2D eigenvalue weighted by Crippen LogP contribution is -2.40. The molecule has 1 unspecified atom stereocenters. The molecule has 0 aromatic heterocycles. The maximum absolute atomic E-state index is 10.3.